The molecule has 0 aliphatic heterocycles. The van der Waals surface area contributed by atoms with Gasteiger partial charge in [-0.2, -0.15) is 0 Å². The van der Waals surface area contributed by atoms with Gasteiger partial charge in [-0.15, -0.1) is 11.3 Å². The second-order valence-corrected chi connectivity index (χ2v) is 7.66. The van der Waals surface area contributed by atoms with Gasteiger partial charge in [-0.25, -0.2) is 5.06 Å². The minimum atomic E-state index is -0.588. The third-order valence-electron chi connectivity index (χ3n) is 2.73. The van der Waals surface area contributed by atoms with Gasteiger partial charge in [-0.1, -0.05) is 47.6 Å². The first-order valence-electron chi connectivity index (χ1n) is 6.11. The molecule has 1 rings (SSSR count). The van der Waals surface area contributed by atoms with E-state index in [0.29, 0.717) is 0 Å². The molecule has 0 spiro atoms. The van der Waals surface area contributed by atoms with Gasteiger partial charge in [0.2, 0.25) is 0 Å². The van der Waals surface area contributed by atoms with Crippen LogP contribution in [0.3, 0.4) is 0 Å². The molecule has 0 unspecified atom stereocenters. The Labute approximate surface area is 113 Å². The van der Waals surface area contributed by atoms with Gasteiger partial charge in [0.1, 0.15) is 0 Å². The van der Waals surface area contributed by atoms with E-state index in [1.54, 1.807) is 11.3 Å². The molecule has 0 radical (unpaired) electrons. The van der Waals surface area contributed by atoms with Crippen molar-refractivity contribution in [1.82, 2.24) is 5.06 Å². The van der Waals surface area contributed by atoms with Gasteiger partial charge >= 0.3 is 0 Å². The van der Waals surface area contributed by atoms with Gasteiger partial charge in [0.15, 0.2) is 0 Å². The van der Waals surface area contributed by atoms with E-state index in [9.17, 15) is 10.0 Å². The number of hydroxylamine groups is 2. The Morgan fingerprint density at radius 3 is 2.17 bits per heavy atom. The zero-order valence-electron chi connectivity index (χ0n) is 12.0. The molecular formula is C14H23NO2S. The predicted molar refractivity (Wildman–Crippen MR) is 74.6 cm³/mol. The van der Waals surface area contributed by atoms with Crippen molar-refractivity contribution < 1.29 is 10.0 Å². The van der Waals surface area contributed by atoms with Crippen molar-refractivity contribution in [2.24, 2.45) is 10.8 Å². The first-order chi connectivity index (χ1) is 8.05. The van der Waals surface area contributed by atoms with Crippen LogP contribution < -0.4 is 0 Å². The minimum Gasteiger partial charge on any atom is -0.285 e. The standard InChI is InChI=1S/C14H23NO2S/c1-13(2,3)11(10-8-7-9-18-10)15(17)12(16)14(4,5)6/h7-9,11,17H,1-6H3/t11-/m1/s1. The fourth-order valence-electron chi connectivity index (χ4n) is 1.82. The van der Waals surface area contributed by atoms with Crippen LogP contribution in [-0.4, -0.2) is 16.2 Å². The number of thiophene rings is 1. The third kappa shape index (κ3) is 3.33. The maximum atomic E-state index is 12.2. The fraction of sp³-hybridized carbons (Fsp3) is 0.643. The summed E-state index contributed by atoms with van der Waals surface area (Å²) in [4.78, 5) is 13.2. The largest absolute Gasteiger partial charge is 0.285 e. The number of nitrogens with zero attached hydrogens (tertiary/aromatic N) is 1. The summed E-state index contributed by atoms with van der Waals surface area (Å²) in [6.45, 7) is 11.5. The molecule has 18 heavy (non-hydrogen) atoms. The van der Waals surface area contributed by atoms with Crippen LogP contribution in [0.15, 0.2) is 17.5 Å². The van der Waals surface area contributed by atoms with Crippen molar-refractivity contribution in [1.29, 1.82) is 0 Å². The van der Waals surface area contributed by atoms with E-state index in [-0.39, 0.29) is 17.4 Å². The number of carbonyl (C=O) groups is 1. The van der Waals surface area contributed by atoms with Crippen molar-refractivity contribution in [3.63, 3.8) is 0 Å². The third-order valence-corrected chi connectivity index (χ3v) is 3.65. The summed E-state index contributed by atoms with van der Waals surface area (Å²) in [6, 6.07) is 3.58. The van der Waals surface area contributed by atoms with Crippen LogP contribution in [0, 0.1) is 10.8 Å². The average Bonchev–Trinajstić information content (AvgIpc) is 2.66. The second-order valence-electron chi connectivity index (χ2n) is 6.68. The summed E-state index contributed by atoms with van der Waals surface area (Å²) in [7, 11) is 0. The van der Waals surface area contributed by atoms with Crippen LogP contribution in [0.2, 0.25) is 0 Å². The highest BCUT2D eigenvalue weighted by Crippen LogP contribution is 2.40. The number of amides is 1. The van der Waals surface area contributed by atoms with Gasteiger partial charge in [-0.3, -0.25) is 10.0 Å². The normalized spacial score (nSPS) is 14.4. The first kappa shape index (κ1) is 15.2. The number of hydrogen-bond donors (Lipinski definition) is 1. The summed E-state index contributed by atoms with van der Waals surface area (Å²) in [5.74, 6) is -0.254. The maximum Gasteiger partial charge on any atom is 0.251 e. The molecule has 0 aliphatic carbocycles. The van der Waals surface area contributed by atoms with E-state index in [2.05, 4.69) is 0 Å². The zero-order chi connectivity index (χ0) is 14.1. The Kier molecular flexibility index (Phi) is 4.23. The fourth-order valence-corrected chi connectivity index (χ4v) is 2.88. The summed E-state index contributed by atoms with van der Waals surface area (Å²) < 4.78 is 0. The predicted octanol–water partition coefficient (Wildman–Crippen LogP) is 4.10. The van der Waals surface area contributed by atoms with Crippen LogP contribution in [0.5, 0.6) is 0 Å². The highest BCUT2D eigenvalue weighted by atomic mass is 32.1. The monoisotopic (exact) mass is 269 g/mol. The van der Waals surface area contributed by atoms with Crippen LogP contribution >= 0.6 is 11.3 Å². The van der Waals surface area contributed by atoms with Crippen molar-refractivity contribution >= 4 is 17.2 Å². The van der Waals surface area contributed by atoms with Crippen LogP contribution in [0.4, 0.5) is 0 Å². The lowest BCUT2D eigenvalue weighted by Crippen LogP contribution is -2.43. The molecule has 0 bridgehead atoms. The molecule has 1 N–H and O–H groups in total. The van der Waals surface area contributed by atoms with Crippen LogP contribution in [0.25, 0.3) is 0 Å². The molecular weight excluding hydrogens is 246 g/mol. The van der Waals surface area contributed by atoms with Gasteiger partial charge in [0, 0.05) is 10.3 Å². The molecule has 1 aromatic rings. The molecule has 0 aromatic carbocycles. The molecule has 1 amide bonds. The summed E-state index contributed by atoms with van der Waals surface area (Å²) in [6.07, 6.45) is 0. The molecule has 4 heteroatoms. The highest BCUT2D eigenvalue weighted by Gasteiger charge is 2.38. The Morgan fingerprint density at radius 2 is 1.83 bits per heavy atom. The Hall–Kier alpha value is -0.870. The smallest absolute Gasteiger partial charge is 0.251 e. The number of hydrogen-bond acceptors (Lipinski definition) is 3. The van der Waals surface area contributed by atoms with Crippen LogP contribution in [-0.2, 0) is 4.79 Å². The van der Waals surface area contributed by atoms with Gasteiger partial charge in [-0.05, 0) is 16.9 Å². The Morgan fingerprint density at radius 1 is 1.28 bits per heavy atom. The number of carbonyl (C=O) groups excluding carboxylic acids is 1. The summed E-state index contributed by atoms with van der Waals surface area (Å²) in [5, 5.41) is 13.2. The van der Waals surface area contributed by atoms with Crippen molar-refractivity contribution in [3.8, 4) is 0 Å². The molecule has 0 fully saturated rings. The minimum absolute atomic E-state index is 0.222. The lowest BCUT2D eigenvalue weighted by molar-refractivity contribution is -0.195. The topological polar surface area (TPSA) is 40.5 Å². The Bertz CT molecular complexity index is 398. The number of rotatable bonds is 2. The zero-order valence-corrected chi connectivity index (χ0v) is 12.8. The van der Waals surface area contributed by atoms with Crippen molar-refractivity contribution in [2.75, 3.05) is 0 Å². The molecule has 1 heterocycles. The molecule has 1 aromatic heterocycles. The molecule has 3 nitrogen and oxygen atoms in total. The lowest BCUT2D eigenvalue weighted by atomic mass is 9.84. The first-order valence-corrected chi connectivity index (χ1v) is 6.99. The van der Waals surface area contributed by atoms with E-state index in [1.165, 1.54) is 0 Å². The van der Waals surface area contributed by atoms with E-state index in [0.717, 1.165) is 9.94 Å². The lowest BCUT2D eigenvalue weighted by Gasteiger charge is -2.38. The molecule has 0 aliphatic rings. The van der Waals surface area contributed by atoms with Gasteiger partial charge in [0.05, 0.1) is 6.04 Å². The summed E-state index contributed by atoms with van der Waals surface area (Å²) in [5.41, 5.74) is -0.810. The van der Waals surface area contributed by atoms with E-state index in [4.69, 9.17) is 0 Å². The van der Waals surface area contributed by atoms with E-state index >= 15 is 0 Å². The second kappa shape index (κ2) is 5.02. The van der Waals surface area contributed by atoms with Crippen LogP contribution in [0.1, 0.15) is 52.5 Å². The molecule has 102 valence electrons. The highest BCUT2D eigenvalue weighted by molar-refractivity contribution is 7.10. The Balaban J connectivity index is 3.10. The van der Waals surface area contributed by atoms with Crippen molar-refractivity contribution in [2.45, 2.75) is 47.6 Å². The van der Waals surface area contributed by atoms with E-state index < -0.39 is 5.41 Å². The molecule has 0 saturated heterocycles. The summed E-state index contributed by atoms with van der Waals surface area (Å²) >= 11 is 1.56. The van der Waals surface area contributed by atoms with E-state index in [1.807, 2.05) is 59.1 Å². The van der Waals surface area contributed by atoms with Gasteiger partial charge in [0.25, 0.3) is 5.91 Å². The average molecular weight is 269 g/mol. The molecule has 0 saturated carbocycles. The quantitative estimate of drug-likeness (QED) is 0.648. The van der Waals surface area contributed by atoms with Crippen molar-refractivity contribution in [3.05, 3.63) is 22.4 Å². The molecule has 1 atom stereocenters. The van der Waals surface area contributed by atoms with Gasteiger partial charge < -0.3 is 0 Å². The maximum absolute atomic E-state index is 12.2. The SMILES string of the molecule is CC(C)(C)C(=O)N(O)[C@H](c1cccs1)C(C)(C)C.